The summed E-state index contributed by atoms with van der Waals surface area (Å²) in [5.41, 5.74) is 0. The Morgan fingerprint density at radius 1 is 1.10 bits per heavy atom. The van der Waals surface area contributed by atoms with Gasteiger partial charge in [-0.2, -0.15) is 0 Å². The Morgan fingerprint density at radius 2 is 1.75 bits per heavy atom. The lowest BCUT2D eigenvalue weighted by molar-refractivity contribution is 0.102. The Kier molecular flexibility index (Phi) is 6.75. The van der Waals surface area contributed by atoms with Gasteiger partial charge < -0.3 is 15.0 Å². The number of nitrogens with one attached hydrogen (secondary N) is 1. The Hall–Kier alpha value is -0.160. The zero-order valence-corrected chi connectivity index (χ0v) is 13.6. The number of nitrogens with zero attached hydrogens (tertiary/aromatic N) is 2. The van der Waals surface area contributed by atoms with Gasteiger partial charge in [0.2, 0.25) is 0 Å². The molecule has 0 radical (unpaired) electrons. The van der Waals surface area contributed by atoms with Crippen molar-refractivity contribution in [2.75, 3.05) is 59.0 Å². The molecule has 0 spiro atoms. The van der Waals surface area contributed by atoms with Crippen LogP contribution in [0.2, 0.25) is 0 Å². The second kappa shape index (κ2) is 8.32. The number of piperazine rings is 1. The molecule has 2 aliphatic heterocycles. The molecule has 0 amide bonds. The fourth-order valence-electron chi connectivity index (χ4n) is 3.46. The molecule has 0 bridgehead atoms. The maximum absolute atomic E-state index is 5.57. The third kappa shape index (κ3) is 4.99. The molecular formula is C16H33N3O. The van der Waals surface area contributed by atoms with E-state index in [9.17, 15) is 0 Å². The Morgan fingerprint density at radius 3 is 2.25 bits per heavy atom. The molecule has 0 aromatic carbocycles. The van der Waals surface area contributed by atoms with Crippen LogP contribution in [-0.4, -0.2) is 74.9 Å². The minimum Gasteiger partial charge on any atom is -0.381 e. The minimum absolute atomic E-state index is 0.610. The van der Waals surface area contributed by atoms with Crippen molar-refractivity contribution in [2.24, 2.45) is 11.8 Å². The van der Waals surface area contributed by atoms with Gasteiger partial charge in [0, 0.05) is 57.8 Å². The van der Waals surface area contributed by atoms with Crippen molar-refractivity contribution in [3.05, 3.63) is 0 Å². The van der Waals surface area contributed by atoms with E-state index in [4.69, 9.17) is 4.74 Å². The second-order valence-corrected chi connectivity index (χ2v) is 6.78. The lowest BCUT2D eigenvalue weighted by Gasteiger charge is -2.38. The van der Waals surface area contributed by atoms with E-state index in [1.165, 1.54) is 45.7 Å². The average Bonchev–Trinajstić information content (AvgIpc) is 2.94. The minimum atomic E-state index is 0.610. The van der Waals surface area contributed by atoms with E-state index >= 15 is 0 Å². The highest BCUT2D eigenvalue weighted by Gasteiger charge is 2.28. The van der Waals surface area contributed by atoms with Crippen molar-refractivity contribution in [3.8, 4) is 0 Å². The summed E-state index contributed by atoms with van der Waals surface area (Å²) >= 11 is 0. The van der Waals surface area contributed by atoms with Crippen molar-refractivity contribution in [3.63, 3.8) is 0 Å². The average molecular weight is 283 g/mol. The fraction of sp³-hybridized carbons (Fsp3) is 1.00. The first-order valence-electron chi connectivity index (χ1n) is 8.45. The molecule has 0 aromatic heterocycles. The predicted molar refractivity (Wildman–Crippen MR) is 84.1 cm³/mol. The topological polar surface area (TPSA) is 27.7 Å². The number of rotatable bonds is 7. The molecule has 2 fully saturated rings. The van der Waals surface area contributed by atoms with Gasteiger partial charge in [-0.3, -0.25) is 4.90 Å². The lowest BCUT2D eigenvalue weighted by atomic mass is 9.98. The largest absolute Gasteiger partial charge is 0.381 e. The SMILES string of the molecule is CCNC(CN1CCN(CC(C)C)CC1)C1CCOC1. The van der Waals surface area contributed by atoms with E-state index in [1.807, 2.05) is 0 Å². The summed E-state index contributed by atoms with van der Waals surface area (Å²) in [5.74, 6) is 1.50. The Balaban J connectivity index is 1.74. The van der Waals surface area contributed by atoms with E-state index < -0.39 is 0 Å². The molecule has 0 saturated carbocycles. The van der Waals surface area contributed by atoms with Gasteiger partial charge in [0.15, 0.2) is 0 Å². The molecule has 1 N–H and O–H groups in total. The van der Waals surface area contributed by atoms with Gasteiger partial charge in [0.25, 0.3) is 0 Å². The molecule has 20 heavy (non-hydrogen) atoms. The van der Waals surface area contributed by atoms with E-state index in [0.717, 1.165) is 25.7 Å². The van der Waals surface area contributed by atoms with Crippen LogP contribution in [0, 0.1) is 11.8 Å². The van der Waals surface area contributed by atoms with Gasteiger partial charge in [-0.25, -0.2) is 0 Å². The maximum Gasteiger partial charge on any atom is 0.0510 e. The first-order valence-corrected chi connectivity index (χ1v) is 8.45. The molecule has 2 saturated heterocycles. The summed E-state index contributed by atoms with van der Waals surface area (Å²) in [5, 5.41) is 3.68. The van der Waals surface area contributed by atoms with Crippen LogP contribution in [0.25, 0.3) is 0 Å². The molecule has 118 valence electrons. The van der Waals surface area contributed by atoms with Crippen LogP contribution >= 0.6 is 0 Å². The van der Waals surface area contributed by atoms with E-state index in [1.54, 1.807) is 0 Å². The molecule has 2 unspecified atom stereocenters. The molecular weight excluding hydrogens is 250 g/mol. The first-order chi connectivity index (χ1) is 9.69. The summed E-state index contributed by atoms with van der Waals surface area (Å²) in [6, 6.07) is 0.610. The van der Waals surface area contributed by atoms with Crippen molar-refractivity contribution >= 4 is 0 Å². The molecule has 0 aliphatic carbocycles. The summed E-state index contributed by atoms with van der Waals surface area (Å²) in [4.78, 5) is 5.25. The molecule has 2 rings (SSSR count). The monoisotopic (exact) mass is 283 g/mol. The highest BCUT2D eigenvalue weighted by molar-refractivity contribution is 4.84. The van der Waals surface area contributed by atoms with E-state index in [2.05, 4.69) is 35.9 Å². The normalized spacial score (nSPS) is 27.3. The van der Waals surface area contributed by atoms with Crippen LogP contribution in [0.1, 0.15) is 27.2 Å². The highest BCUT2D eigenvalue weighted by atomic mass is 16.5. The zero-order chi connectivity index (χ0) is 14.4. The summed E-state index contributed by atoms with van der Waals surface area (Å²) < 4.78 is 5.57. The van der Waals surface area contributed by atoms with Crippen LogP contribution in [0.4, 0.5) is 0 Å². The van der Waals surface area contributed by atoms with Gasteiger partial charge in [0.05, 0.1) is 6.61 Å². The van der Waals surface area contributed by atoms with Gasteiger partial charge in [-0.1, -0.05) is 20.8 Å². The maximum atomic E-state index is 5.57. The molecule has 0 aromatic rings. The van der Waals surface area contributed by atoms with Crippen LogP contribution < -0.4 is 5.32 Å². The van der Waals surface area contributed by atoms with Crippen LogP contribution in [0.15, 0.2) is 0 Å². The van der Waals surface area contributed by atoms with E-state index in [-0.39, 0.29) is 0 Å². The van der Waals surface area contributed by atoms with Crippen molar-refractivity contribution in [1.82, 2.24) is 15.1 Å². The molecule has 2 aliphatic rings. The summed E-state index contributed by atoms with van der Waals surface area (Å²) in [6.07, 6.45) is 1.23. The Labute approximate surface area is 124 Å². The van der Waals surface area contributed by atoms with Gasteiger partial charge in [-0.05, 0) is 18.9 Å². The Bertz CT molecular complexity index is 258. The zero-order valence-electron chi connectivity index (χ0n) is 13.6. The third-order valence-corrected chi connectivity index (χ3v) is 4.54. The number of likely N-dealkylation sites (N-methyl/N-ethyl adjacent to an activating group) is 1. The van der Waals surface area contributed by atoms with Crippen molar-refractivity contribution < 1.29 is 4.74 Å². The van der Waals surface area contributed by atoms with Gasteiger partial charge in [-0.15, -0.1) is 0 Å². The standard InChI is InChI=1S/C16H33N3O/c1-4-17-16(15-5-10-20-13-15)12-19-8-6-18(7-9-19)11-14(2)3/h14-17H,4-13H2,1-3H3. The quantitative estimate of drug-likeness (QED) is 0.762. The predicted octanol–water partition coefficient (Wildman–Crippen LogP) is 1.27. The molecule has 2 heterocycles. The van der Waals surface area contributed by atoms with Crippen molar-refractivity contribution in [2.45, 2.75) is 33.2 Å². The van der Waals surface area contributed by atoms with Crippen LogP contribution in [-0.2, 0) is 4.74 Å². The summed E-state index contributed by atoms with van der Waals surface area (Å²) in [7, 11) is 0. The second-order valence-electron chi connectivity index (χ2n) is 6.78. The molecule has 4 heteroatoms. The number of ether oxygens (including phenoxy) is 1. The first kappa shape index (κ1) is 16.2. The van der Waals surface area contributed by atoms with E-state index in [0.29, 0.717) is 12.0 Å². The lowest BCUT2D eigenvalue weighted by Crippen LogP contribution is -2.53. The number of hydrogen-bond donors (Lipinski definition) is 1. The van der Waals surface area contributed by atoms with Crippen LogP contribution in [0.3, 0.4) is 0 Å². The fourth-order valence-corrected chi connectivity index (χ4v) is 3.46. The highest BCUT2D eigenvalue weighted by Crippen LogP contribution is 2.18. The van der Waals surface area contributed by atoms with Crippen LogP contribution in [0.5, 0.6) is 0 Å². The number of hydrogen-bond acceptors (Lipinski definition) is 4. The molecule has 4 nitrogen and oxygen atoms in total. The van der Waals surface area contributed by atoms with Crippen molar-refractivity contribution in [1.29, 1.82) is 0 Å². The van der Waals surface area contributed by atoms with Gasteiger partial charge in [0.1, 0.15) is 0 Å². The molecule has 2 atom stereocenters. The third-order valence-electron chi connectivity index (χ3n) is 4.54. The summed E-state index contributed by atoms with van der Waals surface area (Å²) in [6.45, 7) is 17.2. The smallest absolute Gasteiger partial charge is 0.0510 e. The van der Waals surface area contributed by atoms with Gasteiger partial charge >= 0.3 is 0 Å².